The van der Waals surface area contributed by atoms with Crippen LogP contribution in [0, 0.1) is 0 Å². The highest BCUT2D eigenvalue weighted by Crippen LogP contribution is 2.14. The van der Waals surface area contributed by atoms with Gasteiger partial charge in [0.05, 0.1) is 12.5 Å². The molecule has 0 saturated carbocycles. The second kappa shape index (κ2) is 19.8. The second-order valence-electron chi connectivity index (χ2n) is 8.99. The Bertz CT molecular complexity index is 506. The predicted octanol–water partition coefficient (Wildman–Crippen LogP) is 4.15. The number of hydrogen-bond acceptors (Lipinski definition) is 4. The molecule has 0 spiro atoms. The summed E-state index contributed by atoms with van der Waals surface area (Å²) in [5, 5.41) is 29.2. The first-order valence-electron chi connectivity index (χ1n) is 12.4. The number of nitrogens with zero attached hydrogens (tertiary/aromatic N) is 1. The van der Waals surface area contributed by atoms with Crippen molar-refractivity contribution < 1.29 is 34.2 Å². The minimum atomic E-state index is -1.42. The summed E-state index contributed by atoms with van der Waals surface area (Å²) in [6.45, 7) is 0.820. The lowest BCUT2D eigenvalue weighted by atomic mass is 10.1. The van der Waals surface area contributed by atoms with Crippen molar-refractivity contribution in [2.75, 3.05) is 26.2 Å². The first-order valence-corrected chi connectivity index (χ1v) is 12.4. The van der Waals surface area contributed by atoms with Crippen molar-refractivity contribution in [2.45, 2.75) is 103 Å². The fourth-order valence-corrected chi connectivity index (χ4v) is 4.12. The Kier molecular flexibility index (Phi) is 18.6. The van der Waals surface area contributed by atoms with E-state index in [-0.39, 0.29) is 6.54 Å². The molecule has 0 aromatic rings. The molecule has 0 aromatic heterocycles. The average Bonchev–Trinajstić information content (AvgIpc) is 2.68. The summed E-state index contributed by atoms with van der Waals surface area (Å²) < 4.78 is -0.503. The van der Waals surface area contributed by atoms with Gasteiger partial charge < -0.3 is 24.6 Å². The molecule has 0 bridgehead atoms. The Balaban J connectivity index is 3.87. The molecular weight excluding hydrogens is 410 g/mol. The smallest absolute Gasteiger partial charge is 0.359 e. The molecule has 0 aromatic carbocycles. The van der Waals surface area contributed by atoms with Crippen LogP contribution in [0.15, 0.2) is 12.2 Å². The highest BCUT2D eigenvalue weighted by molar-refractivity contribution is 5.72. The molecule has 32 heavy (non-hydrogen) atoms. The highest BCUT2D eigenvalue weighted by atomic mass is 16.4. The van der Waals surface area contributed by atoms with E-state index in [1.807, 2.05) is 0 Å². The van der Waals surface area contributed by atoms with Crippen molar-refractivity contribution in [3.8, 4) is 0 Å². The zero-order chi connectivity index (χ0) is 24.1. The molecule has 0 atom stereocenters. The molecule has 186 valence electrons. The molecule has 0 unspecified atom stereocenters. The summed E-state index contributed by atoms with van der Waals surface area (Å²) in [6.07, 6.45) is 22.0. The number of unbranched alkanes of at least 4 members (excludes halogenated alkanes) is 13. The van der Waals surface area contributed by atoms with Crippen LogP contribution in [0.5, 0.6) is 0 Å². The maximum atomic E-state index is 11.1. The van der Waals surface area contributed by atoms with Gasteiger partial charge in [0.1, 0.15) is 6.54 Å². The van der Waals surface area contributed by atoms with Crippen LogP contribution >= 0.6 is 0 Å². The highest BCUT2D eigenvalue weighted by Gasteiger charge is 2.33. The van der Waals surface area contributed by atoms with E-state index in [1.54, 1.807) is 0 Å². The predicted molar refractivity (Wildman–Crippen MR) is 124 cm³/mol. The number of carboxylic acids is 3. The molecule has 0 saturated heterocycles. The first-order chi connectivity index (χ1) is 15.3. The minimum absolute atomic E-state index is 0.216. The standard InChI is InChI=1S/C25H45NO6/c1-2-3-4-5-6-7-8-9-10-11-12-13-14-15-16-17-18-19-26(20-23(27)28,21-24(29)30)22-25(31)32/h10-11H,2-9,12-22H2,1H3,(H2-,27,28,29,30,31,32)/b11-10+. The van der Waals surface area contributed by atoms with Crippen LogP contribution in [0.4, 0.5) is 0 Å². The van der Waals surface area contributed by atoms with E-state index in [1.165, 1.54) is 51.4 Å². The third kappa shape index (κ3) is 18.8. The summed E-state index contributed by atoms with van der Waals surface area (Å²) in [7, 11) is 0. The van der Waals surface area contributed by atoms with E-state index in [0.29, 0.717) is 6.42 Å². The summed E-state index contributed by atoms with van der Waals surface area (Å²) in [5.41, 5.74) is 0. The zero-order valence-corrected chi connectivity index (χ0v) is 20.1. The number of hydrogen-bond donors (Lipinski definition) is 2. The Hall–Kier alpha value is -1.89. The van der Waals surface area contributed by atoms with Gasteiger partial charge in [-0.2, -0.15) is 0 Å². The van der Waals surface area contributed by atoms with Crippen LogP contribution in [0.1, 0.15) is 103 Å². The van der Waals surface area contributed by atoms with E-state index in [0.717, 1.165) is 38.5 Å². The number of carboxylic acid groups (broad SMARTS) is 3. The van der Waals surface area contributed by atoms with E-state index in [2.05, 4.69) is 19.1 Å². The molecule has 0 fully saturated rings. The van der Waals surface area contributed by atoms with Gasteiger partial charge in [-0.1, -0.05) is 76.9 Å². The van der Waals surface area contributed by atoms with Gasteiger partial charge in [-0.3, -0.25) is 0 Å². The molecule has 0 rings (SSSR count). The van der Waals surface area contributed by atoms with Gasteiger partial charge in [0.2, 0.25) is 0 Å². The number of carbonyl (C=O) groups excluding carboxylic acids is 1. The van der Waals surface area contributed by atoms with E-state index < -0.39 is 42.0 Å². The minimum Gasteiger partial charge on any atom is -0.544 e. The van der Waals surface area contributed by atoms with Gasteiger partial charge >= 0.3 is 11.9 Å². The molecule has 0 aliphatic carbocycles. The number of quaternary nitrogens is 1. The van der Waals surface area contributed by atoms with E-state index in [4.69, 9.17) is 10.2 Å². The molecule has 7 nitrogen and oxygen atoms in total. The summed E-state index contributed by atoms with van der Waals surface area (Å²) >= 11 is 0. The zero-order valence-electron chi connectivity index (χ0n) is 20.1. The molecular formula is C25H45NO6. The van der Waals surface area contributed by atoms with Crippen molar-refractivity contribution in [3.63, 3.8) is 0 Å². The number of carbonyl (C=O) groups is 3. The van der Waals surface area contributed by atoms with Gasteiger partial charge in [-0.15, -0.1) is 0 Å². The Morgan fingerprint density at radius 2 is 1.06 bits per heavy atom. The number of allylic oxidation sites excluding steroid dienone is 2. The van der Waals surface area contributed by atoms with Crippen LogP contribution < -0.4 is 5.11 Å². The topological polar surface area (TPSA) is 115 Å². The van der Waals surface area contributed by atoms with Crippen LogP contribution in [0.25, 0.3) is 0 Å². The van der Waals surface area contributed by atoms with Gasteiger partial charge in [-0.05, 0) is 38.5 Å². The Labute approximate surface area is 194 Å². The van der Waals surface area contributed by atoms with Crippen LogP contribution in [-0.2, 0) is 14.4 Å². The lowest BCUT2D eigenvalue weighted by molar-refractivity contribution is -0.909. The number of aliphatic carboxylic acids is 3. The molecule has 2 N–H and O–H groups in total. The fourth-order valence-electron chi connectivity index (χ4n) is 4.12. The van der Waals surface area contributed by atoms with E-state index in [9.17, 15) is 19.5 Å². The number of rotatable bonds is 23. The largest absolute Gasteiger partial charge is 0.544 e. The maximum absolute atomic E-state index is 11.1. The SMILES string of the molecule is CCCCCCCCC/C=C/CCCCCCCC[N+](CC(=O)[O-])(CC(=O)O)CC(=O)O. The normalized spacial score (nSPS) is 11.8. The summed E-state index contributed by atoms with van der Waals surface area (Å²) in [5.74, 6) is -3.83. The molecule has 0 heterocycles. The van der Waals surface area contributed by atoms with Gasteiger partial charge in [0.15, 0.2) is 13.1 Å². The Morgan fingerprint density at radius 1 is 0.656 bits per heavy atom. The second-order valence-corrected chi connectivity index (χ2v) is 8.99. The molecule has 0 amide bonds. The lowest BCUT2D eigenvalue weighted by Gasteiger charge is -2.36. The van der Waals surface area contributed by atoms with Gasteiger partial charge in [0, 0.05) is 0 Å². The Morgan fingerprint density at radius 3 is 1.47 bits per heavy atom. The molecule has 0 aliphatic rings. The summed E-state index contributed by atoms with van der Waals surface area (Å²) in [4.78, 5) is 33.3. The fraction of sp³-hybridized carbons (Fsp3) is 0.800. The van der Waals surface area contributed by atoms with Crippen molar-refractivity contribution >= 4 is 17.9 Å². The molecule has 7 heteroatoms. The first kappa shape index (κ1) is 30.1. The quantitative estimate of drug-likeness (QED) is 0.136. The monoisotopic (exact) mass is 455 g/mol. The third-order valence-corrected chi connectivity index (χ3v) is 5.80. The van der Waals surface area contributed by atoms with Crippen LogP contribution in [0.3, 0.4) is 0 Å². The van der Waals surface area contributed by atoms with Crippen molar-refractivity contribution in [1.29, 1.82) is 0 Å². The average molecular weight is 456 g/mol. The van der Waals surface area contributed by atoms with Crippen molar-refractivity contribution in [3.05, 3.63) is 12.2 Å². The molecule has 0 radical (unpaired) electrons. The third-order valence-electron chi connectivity index (χ3n) is 5.80. The lowest BCUT2D eigenvalue weighted by Crippen LogP contribution is -2.59. The van der Waals surface area contributed by atoms with Crippen LogP contribution in [0.2, 0.25) is 0 Å². The van der Waals surface area contributed by atoms with Gasteiger partial charge in [0.25, 0.3) is 0 Å². The van der Waals surface area contributed by atoms with Crippen LogP contribution in [-0.4, -0.2) is 58.8 Å². The summed E-state index contributed by atoms with van der Waals surface area (Å²) in [6, 6.07) is 0. The van der Waals surface area contributed by atoms with E-state index >= 15 is 0 Å². The maximum Gasteiger partial charge on any atom is 0.359 e. The van der Waals surface area contributed by atoms with Crippen molar-refractivity contribution in [2.24, 2.45) is 0 Å². The molecule has 0 aliphatic heterocycles. The van der Waals surface area contributed by atoms with Gasteiger partial charge in [-0.25, -0.2) is 9.59 Å². The van der Waals surface area contributed by atoms with Crippen molar-refractivity contribution in [1.82, 2.24) is 0 Å².